The Labute approximate surface area is 370 Å². The summed E-state index contributed by atoms with van der Waals surface area (Å²) < 4.78 is 34.0. The molecule has 60 heavy (non-hydrogen) atoms. The fraction of sp³-hybridized carbons (Fsp3) is 0.880. The molecule has 1 unspecified atom stereocenters. The number of nitrogens with zero attached hydrogens (tertiary/aromatic N) is 1. The summed E-state index contributed by atoms with van der Waals surface area (Å²) in [7, 11) is 1.17. The molecule has 0 aliphatic rings. The second-order valence-electron chi connectivity index (χ2n) is 18.2. The Kier molecular flexibility index (Phi) is 41.7. The molecule has 0 N–H and O–H groups in total. The molecular weight excluding hydrogens is 774 g/mol. The van der Waals surface area contributed by atoms with Crippen molar-refractivity contribution >= 4 is 19.8 Å². The van der Waals surface area contributed by atoms with Gasteiger partial charge >= 0.3 is 11.9 Å². The summed E-state index contributed by atoms with van der Waals surface area (Å²) in [5.74, 6) is -0.827. The van der Waals surface area contributed by atoms with Crippen molar-refractivity contribution in [2.75, 3.05) is 47.5 Å². The molecule has 0 saturated carbocycles. The smallest absolute Gasteiger partial charge is 0.306 e. The molecule has 0 amide bonds. The van der Waals surface area contributed by atoms with Crippen LogP contribution in [0.1, 0.15) is 232 Å². The van der Waals surface area contributed by atoms with Crippen LogP contribution in [0.5, 0.6) is 0 Å². The average molecular weight is 870 g/mol. The maximum Gasteiger partial charge on any atom is 0.306 e. The van der Waals surface area contributed by atoms with E-state index >= 15 is 0 Å². The first-order valence-electron chi connectivity index (χ1n) is 25.0. The van der Waals surface area contributed by atoms with Gasteiger partial charge in [-0.2, -0.15) is 0 Å². The van der Waals surface area contributed by atoms with Gasteiger partial charge in [0.15, 0.2) is 6.10 Å². The number of phosphoric ester groups is 1. The highest BCUT2D eigenvalue weighted by molar-refractivity contribution is 7.45. The lowest BCUT2D eigenvalue weighted by Crippen LogP contribution is -2.37. The van der Waals surface area contributed by atoms with Gasteiger partial charge in [0.05, 0.1) is 27.7 Å². The van der Waals surface area contributed by atoms with Crippen LogP contribution >= 0.6 is 7.82 Å². The van der Waals surface area contributed by atoms with Gasteiger partial charge in [0.1, 0.15) is 19.8 Å². The normalized spacial score (nSPS) is 13.6. The van der Waals surface area contributed by atoms with Crippen molar-refractivity contribution in [3.8, 4) is 0 Å². The van der Waals surface area contributed by atoms with Gasteiger partial charge in [0.25, 0.3) is 7.82 Å². The van der Waals surface area contributed by atoms with Gasteiger partial charge in [-0.25, -0.2) is 0 Å². The first-order chi connectivity index (χ1) is 29.0. The molecule has 10 heteroatoms. The Bertz CT molecular complexity index is 1070. The molecule has 0 aromatic heterocycles. The highest BCUT2D eigenvalue weighted by Crippen LogP contribution is 2.38. The molecule has 0 aliphatic carbocycles. The fourth-order valence-electron chi connectivity index (χ4n) is 7.04. The van der Waals surface area contributed by atoms with Crippen molar-refractivity contribution in [1.29, 1.82) is 0 Å². The van der Waals surface area contributed by atoms with Crippen LogP contribution in [0.15, 0.2) is 24.3 Å². The Morgan fingerprint density at radius 3 is 1.35 bits per heavy atom. The van der Waals surface area contributed by atoms with Gasteiger partial charge < -0.3 is 27.9 Å². The Morgan fingerprint density at radius 2 is 0.900 bits per heavy atom. The van der Waals surface area contributed by atoms with Crippen molar-refractivity contribution in [3.63, 3.8) is 0 Å². The van der Waals surface area contributed by atoms with Crippen LogP contribution in [-0.4, -0.2) is 70.0 Å². The molecule has 354 valence electrons. The number of carbonyl (C=O) groups excluding carboxylic acids is 2. The number of quaternary nitrogens is 1. The van der Waals surface area contributed by atoms with Crippen molar-refractivity contribution in [3.05, 3.63) is 24.3 Å². The van der Waals surface area contributed by atoms with Gasteiger partial charge in [-0.05, 0) is 44.9 Å². The minimum Gasteiger partial charge on any atom is -0.756 e. The molecular formula is C50H96NO8P. The minimum atomic E-state index is -4.63. The third kappa shape index (κ3) is 46.0. The van der Waals surface area contributed by atoms with Gasteiger partial charge in [-0.1, -0.05) is 199 Å². The molecule has 0 heterocycles. The molecule has 0 spiro atoms. The standard InChI is InChI=1S/C50H96NO8P/c1-6-8-10-12-14-16-18-20-22-24-25-27-28-30-32-34-36-38-40-42-49(52)56-46-48(47-58-60(54,55)57-45-44-51(3,4)5)59-50(53)43-41-39-37-35-33-31-29-26-23-21-19-17-15-13-11-9-7-2/h14,16,20,22,48H,6-13,15,17-19,21,23-47H2,1-5H3/b16-14+,22-20+/t48-/m1/s1. The lowest BCUT2D eigenvalue weighted by atomic mass is 10.0. The van der Waals surface area contributed by atoms with Crippen molar-refractivity contribution < 1.29 is 42.1 Å². The first-order valence-corrected chi connectivity index (χ1v) is 26.5. The number of carbonyl (C=O) groups is 2. The minimum absolute atomic E-state index is 0.0292. The molecule has 0 radical (unpaired) electrons. The second kappa shape index (κ2) is 42.8. The molecule has 9 nitrogen and oxygen atoms in total. The number of ether oxygens (including phenoxy) is 2. The van der Waals surface area contributed by atoms with E-state index in [1.807, 2.05) is 21.1 Å². The maximum atomic E-state index is 12.7. The van der Waals surface area contributed by atoms with Gasteiger partial charge in [0.2, 0.25) is 0 Å². The van der Waals surface area contributed by atoms with Crippen LogP contribution in [0, 0.1) is 0 Å². The molecule has 0 rings (SSSR count). The molecule has 0 bridgehead atoms. The molecule has 2 atom stereocenters. The van der Waals surface area contributed by atoms with E-state index in [0.29, 0.717) is 17.4 Å². The number of allylic oxidation sites excluding steroid dienone is 4. The van der Waals surface area contributed by atoms with Crippen molar-refractivity contribution in [1.82, 2.24) is 0 Å². The molecule has 0 aromatic rings. The molecule has 0 fully saturated rings. The third-order valence-corrected chi connectivity index (χ3v) is 11.9. The first kappa shape index (κ1) is 58.5. The SMILES string of the molecule is CCCCC/C=C/C/C=C/CCCCCCCCCCCC(=O)OC[C@H](COP(=O)([O-])OCC[N+](C)(C)C)OC(=O)CCCCCCCCCCCCCCCCCCC. The van der Waals surface area contributed by atoms with E-state index in [9.17, 15) is 19.0 Å². The molecule has 0 aromatic carbocycles. The Morgan fingerprint density at radius 1 is 0.517 bits per heavy atom. The zero-order valence-corrected chi connectivity index (χ0v) is 40.8. The number of phosphoric acid groups is 1. The predicted octanol–water partition coefficient (Wildman–Crippen LogP) is 14.1. The average Bonchev–Trinajstić information content (AvgIpc) is 3.20. The Balaban J connectivity index is 4.25. The molecule has 0 saturated heterocycles. The number of esters is 2. The summed E-state index contributed by atoms with van der Waals surface area (Å²) in [6, 6.07) is 0. The van der Waals surface area contributed by atoms with E-state index in [0.717, 1.165) is 38.5 Å². The lowest BCUT2D eigenvalue weighted by molar-refractivity contribution is -0.870. The summed E-state index contributed by atoms with van der Waals surface area (Å²) in [6.45, 7) is 4.24. The number of hydrogen-bond donors (Lipinski definition) is 0. The van der Waals surface area contributed by atoms with Crippen LogP contribution in [0.4, 0.5) is 0 Å². The van der Waals surface area contributed by atoms with E-state index in [-0.39, 0.29) is 32.0 Å². The summed E-state index contributed by atoms with van der Waals surface area (Å²) in [4.78, 5) is 37.7. The number of unbranched alkanes of at least 4 members (excludes halogenated alkanes) is 28. The van der Waals surface area contributed by atoms with Crippen LogP contribution in [0.25, 0.3) is 0 Å². The fourth-order valence-corrected chi connectivity index (χ4v) is 7.77. The highest BCUT2D eigenvalue weighted by Gasteiger charge is 2.21. The van der Waals surface area contributed by atoms with Gasteiger partial charge in [0, 0.05) is 12.8 Å². The van der Waals surface area contributed by atoms with Crippen molar-refractivity contribution in [2.24, 2.45) is 0 Å². The summed E-state index contributed by atoms with van der Waals surface area (Å²) in [6.07, 6.45) is 47.7. The Hall–Kier alpha value is -1.51. The highest BCUT2D eigenvalue weighted by atomic mass is 31.2. The largest absolute Gasteiger partial charge is 0.756 e. The van der Waals surface area contributed by atoms with Crippen molar-refractivity contribution in [2.45, 2.75) is 238 Å². The van der Waals surface area contributed by atoms with Crippen LogP contribution in [0.2, 0.25) is 0 Å². The van der Waals surface area contributed by atoms with Crippen LogP contribution in [0.3, 0.4) is 0 Å². The van der Waals surface area contributed by atoms with E-state index in [1.54, 1.807) is 0 Å². The number of hydrogen-bond acceptors (Lipinski definition) is 8. The van der Waals surface area contributed by atoms with E-state index in [4.69, 9.17) is 18.5 Å². The van der Waals surface area contributed by atoms with Gasteiger partial charge in [-0.3, -0.25) is 14.2 Å². The zero-order chi connectivity index (χ0) is 44.3. The second-order valence-corrected chi connectivity index (χ2v) is 19.6. The number of rotatable bonds is 46. The van der Waals surface area contributed by atoms with Gasteiger partial charge in [-0.15, -0.1) is 0 Å². The van der Waals surface area contributed by atoms with Crippen LogP contribution < -0.4 is 4.89 Å². The van der Waals surface area contributed by atoms with E-state index in [1.165, 1.54) is 161 Å². The van der Waals surface area contributed by atoms with E-state index in [2.05, 4.69) is 38.2 Å². The van der Waals surface area contributed by atoms with Crippen LogP contribution in [-0.2, 0) is 32.7 Å². The quantitative estimate of drug-likeness (QED) is 0.0195. The van der Waals surface area contributed by atoms with E-state index < -0.39 is 26.5 Å². The monoisotopic (exact) mass is 870 g/mol. The zero-order valence-electron chi connectivity index (χ0n) is 39.9. The summed E-state index contributed by atoms with van der Waals surface area (Å²) >= 11 is 0. The molecule has 0 aliphatic heterocycles. The summed E-state index contributed by atoms with van der Waals surface area (Å²) in [5, 5.41) is 0. The third-order valence-electron chi connectivity index (χ3n) is 11.0. The number of likely N-dealkylation sites (N-methyl/N-ethyl adjacent to an activating group) is 1. The summed E-state index contributed by atoms with van der Waals surface area (Å²) in [5.41, 5.74) is 0. The predicted molar refractivity (Wildman–Crippen MR) is 250 cm³/mol. The topological polar surface area (TPSA) is 111 Å². The lowest BCUT2D eigenvalue weighted by Gasteiger charge is -2.28. The maximum absolute atomic E-state index is 12.7.